The first-order valence-corrected chi connectivity index (χ1v) is 8.27. The summed E-state index contributed by atoms with van der Waals surface area (Å²) in [5.41, 5.74) is 0.824. The van der Waals surface area contributed by atoms with Gasteiger partial charge in [0.1, 0.15) is 0 Å². The molecule has 0 saturated carbocycles. The molecule has 1 heterocycles. The van der Waals surface area contributed by atoms with Crippen molar-refractivity contribution in [1.82, 2.24) is 9.80 Å². The fraction of sp³-hybridized carbons (Fsp3) is 0.412. The molecule has 0 bridgehead atoms. The molecule has 1 aliphatic rings. The fourth-order valence-electron chi connectivity index (χ4n) is 2.60. The first-order valence-electron chi connectivity index (χ1n) is 7.51. The van der Waals surface area contributed by atoms with Crippen LogP contribution in [0.15, 0.2) is 24.3 Å². The fourth-order valence-corrected chi connectivity index (χ4v) is 2.91. The molecule has 124 valence electrons. The molecule has 1 saturated heterocycles. The average Bonchev–Trinajstić information content (AvgIpc) is 2.55. The Kier molecular flexibility index (Phi) is 6.08. The van der Waals surface area contributed by atoms with Gasteiger partial charge in [0.25, 0.3) is 0 Å². The lowest BCUT2D eigenvalue weighted by molar-refractivity contribution is -0.137. The van der Waals surface area contributed by atoms with Crippen molar-refractivity contribution in [2.45, 2.75) is 12.8 Å². The number of hydrogen-bond donors (Lipinski definition) is 0. The molecule has 0 aliphatic carbocycles. The maximum Gasteiger partial charge on any atom is 0.246 e. The van der Waals surface area contributed by atoms with E-state index in [2.05, 4.69) is 0 Å². The Labute approximate surface area is 146 Å². The van der Waals surface area contributed by atoms with Crippen molar-refractivity contribution in [1.29, 1.82) is 0 Å². The molecule has 2 rings (SSSR count). The maximum absolute atomic E-state index is 12.2. The summed E-state index contributed by atoms with van der Waals surface area (Å²) in [4.78, 5) is 27.5. The summed E-state index contributed by atoms with van der Waals surface area (Å²) in [5.74, 6) is 0.114. The van der Waals surface area contributed by atoms with Gasteiger partial charge in [-0.1, -0.05) is 29.3 Å². The molecular weight excluding hydrogens is 335 g/mol. The third-order valence-corrected chi connectivity index (χ3v) is 4.70. The van der Waals surface area contributed by atoms with Crippen molar-refractivity contribution in [2.24, 2.45) is 5.92 Å². The summed E-state index contributed by atoms with van der Waals surface area (Å²) < 4.78 is 0. The number of rotatable bonds is 3. The highest BCUT2D eigenvalue weighted by atomic mass is 35.5. The zero-order valence-electron chi connectivity index (χ0n) is 13.3. The first kappa shape index (κ1) is 17.8. The number of nitrogens with zero attached hydrogens (tertiary/aromatic N) is 2. The van der Waals surface area contributed by atoms with Gasteiger partial charge in [0.15, 0.2) is 0 Å². The minimum atomic E-state index is -0.0492. The standard InChI is InChI=1S/C17H20Cl2N2O2/c1-20(2)17(23)13-7-9-21(10-8-13)16(22)6-4-12-3-5-14(18)15(19)11-12/h3-6,11,13H,7-10H2,1-2H3/b6-4+. The largest absolute Gasteiger partial charge is 0.349 e. The van der Waals surface area contributed by atoms with E-state index in [1.807, 2.05) is 0 Å². The minimum absolute atomic E-state index is 0.0214. The first-order chi connectivity index (χ1) is 10.9. The van der Waals surface area contributed by atoms with E-state index in [0.29, 0.717) is 36.0 Å². The summed E-state index contributed by atoms with van der Waals surface area (Å²) in [5, 5.41) is 0.951. The maximum atomic E-state index is 12.2. The van der Waals surface area contributed by atoms with Crippen molar-refractivity contribution >= 4 is 41.1 Å². The molecule has 1 aromatic rings. The van der Waals surface area contributed by atoms with Crippen LogP contribution in [-0.2, 0) is 9.59 Å². The minimum Gasteiger partial charge on any atom is -0.349 e. The van der Waals surface area contributed by atoms with E-state index in [9.17, 15) is 9.59 Å². The van der Waals surface area contributed by atoms with Gasteiger partial charge >= 0.3 is 0 Å². The zero-order valence-corrected chi connectivity index (χ0v) is 14.8. The quantitative estimate of drug-likeness (QED) is 0.781. The summed E-state index contributed by atoms with van der Waals surface area (Å²) in [6.07, 6.45) is 4.68. The van der Waals surface area contributed by atoms with Crippen molar-refractivity contribution < 1.29 is 9.59 Å². The molecule has 1 aromatic carbocycles. The third kappa shape index (κ3) is 4.72. The second kappa shape index (κ2) is 7.84. The van der Waals surface area contributed by atoms with Crippen LogP contribution in [0.5, 0.6) is 0 Å². The van der Waals surface area contributed by atoms with E-state index in [1.54, 1.807) is 48.2 Å². The molecule has 23 heavy (non-hydrogen) atoms. The Hall–Kier alpha value is -1.52. The van der Waals surface area contributed by atoms with Crippen molar-refractivity contribution in [3.05, 3.63) is 39.9 Å². The van der Waals surface area contributed by atoms with E-state index in [0.717, 1.165) is 5.56 Å². The van der Waals surface area contributed by atoms with E-state index >= 15 is 0 Å². The van der Waals surface area contributed by atoms with Gasteiger partial charge < -0.3 is 9.80 Å². The van der Waals surface area contributed by atoms with Crippen molar-refractivity contribution in [3.63, 3.8) is 0 Å². The summed E-state index contributed by atoms with van der Waals surface area (Å²) in [6, 6.07) is 5.22. The van der Waals surface area contributed by atoms with Crippen LogP contribution in [0, 0.1) is 5.92 Å². The number of amides is 2. The molecule has 0 unspecified atom stereocenters. The Morgan fingerprint density at radius 2 is 1.83 bits per heavy atom. The number of carbonyl (C=O) groups is 2. The number of likely N-dealkylation sites (tertiary alicyclic amines) is 1. The Bertz CT molecular complexity index is 621. The Morgan fingerprint density at radius 3 is 2.39 bits per heavy atom. The van der Waals surface area contributed by atoms with Crippen LogP contribution < -0.4 is 0 Å². The molecule has 0 radical (unpaired) electrons. The lowest BCUT2D eigenvalue weighted by atomic mass is 9.95. The molecule has 1 fully saturated rings. The van der Waals surface area contributed by atoms with E-state index in [1.165, 1.54) is 6.08 Å². The summed E-state index contributed by atoms with van der Waals surface area (Å²) in [7, 11) is 3.53. The Morgan fingerprint density at radius 1 is 1.17 bits per heavy atom. The van der Waals surface area contributed by atoms with Gasteiger partial charge in [-0.15, -0.1) is 0 Å². The van der Waals surface area contributed by atoms with Crippen LogP contribution in [-0.4, -0.2) is 48.8 Å². The third-order valence-electron chi connectivity index (χ3n) is 3.96. The average molecular weight is 355 g/mol. The second-order valence-corrected chi connectivity index (χ2v) is 6.65. The van der Waals surface area contributed by atoms with E-state index in [-0.39, 0.29) is 17.7 Å². The topological polar surface area (TPSA) is 40.6 Å². The molecule has 4 nitrogen and oxygen atoms in total. The molecule has 0 atom stereocenters. The van der Waals surface area contributed by atoms with Crippen LogP contribution in [0.4, 0.5) is 0 Å². The van der Waals surface area contributed by atoms with Crippen molar-refractivity contribution in [3.8, 4) is 0 Å². The predicted octanol–water partition coefficient (Wildman–Crippen LogP) is 3.33. The van der Waals surface area contributed by atoms with Gasteiger partial charge in [-0.25, -0.2) is 0 Å². The molecule has 2 amide bonds. The highest BCUT2D eigenvalue weighted by molar-refractivity contribution is 6.42. The van der Waals surface area contributed by atoms with E-state index in [4.69, 9.17) is 23.2 Å². The lowest BCUT2D eigenvalue weighted by Gasteiger charge is -2.31. The molecule has 0 N–H and O–H groups in total. The number of hydrogen-bond acceptors (Lipinski definition) is 2. The number of piperidine rings is 1. The highest BCUT2D eigenvalue weighted by Crippen LogP contribution is 2.23. The normalized spacial score (nSPS) is 15.9. The summed E-state index contributed by atoms with van der Waals surface area (Å²) in [6.45, 7) is 1.21. The number of benzene rings is 1. The van der Waals surface area contributed by atoms with Gasteiger partial charge in [0.2, 0.25) is 11.8 Å². The molecule has 6 heteroatoms. The molecule has 1 aliphatic heterocycles. The van der Waals surface area contributed by atoms with Crippen LogP contribution in [0.25, 0.3) is 6.08 Å². The molecule has 0 aromatic heterocycles. The van der Waals surface area contributed by atoms with Crippen LogP contribution >= 0.6 is 23.2 Å². The second-order valence-electron chi connectivity index (χ2n) is 5.84. The summed E-state index contributed by atoms with van der Waals surface area (Å²) >= 11 is 11.8. The van der Waals surface area contributed by atoms with Gasteiger partial charge in [-0.3, -0.25) is 9.59 Å². The van der Waals surface area contributed by atoms with Crippen molar-refractivity contribution in [2.75, 3.05) is 27.2 Å². The van der Waals surface area contributed by atoms with E-state index < -0.39 is 0 Å². The van der Waals surface area contributed by atoms with Crippen LogP contribution in [0.1, 0.15) is 18.4 Å². The highest BCUT2D eigenvalue weighted by Gasteiger charge is 2.27. The van der Waals surface area contributed by atoms with Crippen LogP contribution in [0.3, 0.4) is 0 Å². The van der Waals surface area contributed by atoms with Gasteiger partial charge in [-0.2, -0.15) is 0 Å². The van der Waals surface area contributed by atoms with Gasteiger partial charge in [0, 0.05) is 39.2 Å². The predicted molar refractivity (Wildman–Crippen MR) is 93.5 cm³/mol. The number of halogens is 2. The smallest absolute Gasteiger partial charge is 0.246 e. The number of carbonyl (C=O) groups excluding carboxylic acids is 2. The molecule has 0 spiro atoms. The lowest BCUT2D eigenvalue weighted by Crippen LogP contribution is -2.42. The van der Waals surface area contributed by atoms with Gasteiger partial charge in [-0.05, 0) is 36.6 Å². The van der Waals surface area contributed by atoms with Gasteiger partial charge in [0.05, 0.1) is 10.0 Å². The SMILES string of the molecule is CN(C)C(=O)C1CCN(C(=O)/C=C/c2ccc(Cl)c(Cl)c2)CC1. The zero-order chi connectivity index (χ0) is 17.0. The molecular formula is C17H20Cl2N2O2. The monoisotopic (exact) mass is 354 g/mol. The van der Waals surface area contributed by atoms with Crippen LogP contribution in [0.2, 0.25) is 10.0 Å². The Balaban J connectivity index is 1.91.